The summed E-state index contributed by atoms with van der Waals surface area (Å²) in [7, 11) is -3.95. The van der Waals surface area contributed by atoms with E-state index >= 15 is 0 Å². The number of hydrogen-bond acceptors (Lipinski definition) is 5. The Morgan fingerprint density at radius 1 is 1.10 bits per heavy atom. The molecule has 10 heteroatoms. The number of piperidine rings is 1. The Kier molecular flexibility index (Phi) is 5.80. The predicted molar refractivity (Wildman–Crippen MR) is 116 cm³/mol. The molecule has 164 valence electrons. The van der Waals surface area contributed by atoms with E-state index in [1.54, 1.807) is 0 Å². The van der Waals surface area contributed by atoms with E-state index in [0.29, 0.717) is 24.0 Å². The molecule has 0 unspecified atom stereocenters. The van der Waals surface area contributed by atoms with Crippen molar-refractivity contribution < 1.29 is 22.0 Å². The maximum absolute atomic E-state index is 13.5. The van der Waals surface area contributed by atoms with Gasteiger partial charge in [-0.3, -0.25) is 4.79 Å². The predicted octanol–water partition coefficient (Wildman–Crippen LogP) is 4.23. The fourth-order valence-corrected chi connectivity index (χ4v) is 6.16. The molecule has 1 aliphatic heterocycles. The molecule has 6 nitrogen and oxygen atoms in total. The number of amides is 1. The highest BCUT2D eigenvalue weighted by atomic mass is 32.2. The molecule has 0 radical (unpaired) electrons. The third kappa shape index (κ3) is 4.19. The van der Waals surface area contributed by atoms with Crippen molar-refractivity contribution in [1.82, 2.24) is 9.29 Å². The van der Waals surface area contributed by atoms with Crippen molar-refractivity contribution in [2.75, 3.05) is 18.4 Å². The fourth-order valence-electron chi connectivity index (χ4n) is 3.66. The highest BCUT2D eigenvalue weighted by Gasteiger charge is 2.32. The number of nitrogens with zero attached hydrogens (tertiary/aromatic N) is 2. The summed E-state index contributed by atoms with van der Waals surface area (Å²) in [5.41, 5.74) is 3.00. The maximum atomic E-state index is 13.5. The number of rotatable bonds is 4. The quantitative estimate of drug-likeness (QED) is 0.625. The Hall–Kier alpha value is -2.43. The molecular weight excluding hydrogens is 444 g/mol. The van der Waals surface area contributed by atoms with Crippen LogP contribution in [0.15, 0.2) is 35.2 Å². The standard InChI is InChI=1S/C21H21F2N3O3S2/c1-12-3-4-13(2)19-18(12)24-21(30-19)25-20(27)14-7-9-26(10-8-14)31(28,29)15-5-6-16(22)17(23)11-15/h3-6,11,14H,7-10H2,1-2H3,(H,24,25,27). The van der Waals surface area contributed by atoms with Crippen molar-refractivity contribution in [3.05, 3.63) is 53.1 Å². The fraction of sp³-hybridized carbons (Fsp3) is 0.333. The molecule has 1 saturated heterocycles. The van der Waals surface area contributed by atoms with Gasteiger partial charge in [-0.15, -0.1) is 0 Å². The van der Waals surface area contributed by atoms with E-state index in [1.807, 2.05) is 26.0 Å². The minimum absolute atomic E-state index is 0.122. The van der Waals surface area contributed by atoms with Gasteiger partial charge in [-0.1, -0.05) is 23.5 Å². The molecule has 4 rings (SSSR count). The largest absolute Gasteiger partial charge is 0.302 e. The van der Waals surface area contributed by atoms with Crippen LogP contribution in [0.4, 0.5) is 13.9 Å². The molecule has 0 spiro atoms. The van der Waals surface area contributed by atoms with Crippen molar-refractivity contribution in [3.8, 4) is 0 Å². The van der Waals surface area contributed by atoms with Gasteiger partial charge in [-0.2, -0.15) is 4.31 Å². The van der Waals surface area contributed by atoms with E-state index in [9.17, 15) is 22.0 Å². The number of aryl methyl sites for hydroxylation is 2. The zero-order valence-electron chi connectivity index (χ0n) is 17.0. The van der Waals surface area contributed by atoms with Crippen LogP contribution in [0.5, 0.6) is 0 Å². The first kappa shape index (κ1) is 21.8. The zero-order chi connectivity index (χ0) is 22.3. The van der Waals surface area contributed by atoms with Crippen LogP contribution in [-0.4, -0.2) is 36.7 Å². The lowest BCUT2D eigenvalue weighted by Crippen LogP contribution is -2.41. The first-order chi connectivity index (χ1) is 14.7. The van der Waals surface area contributed by atoms with E-state index in [2.05, 4.69) is 10.3 Å². The van der Waals surface area contributed by atoms with Crippen molar-refractivity contribution >= 4 is 42.6 Å². The minimum Gasteiger partial charge on any atom is -0.302 e. The van der Waals surface area contributed by atoms with E-state index in [4.69, 9.17) is 0 Å². The van der Waals surface area contributed by atoms with Crippen LogP contribution in [0.1, 0.15) is 24.0 Å². The van der Waals surface area contributed by atoms with E-state index in [1.165, 1.54) is 15.6 Å². The smallest absolute Gasteiger partial charge is 0.243 e. The van der Waals surface area contributed by atoms with Gasteiger partial charge in [0.25, 0.3) is 0 Å². The van der Waals surface area contributed by atoms with E-state index in [0.717, 1.165) is 33.5 Å². The van der Waals surface area contributed by atoms with Crippen LogP contribution in [-0.2, 0) is 14.8 Å². The monoisotopic (exact) mass is 465 g/mol. The average Bonchev–Trinajstić information content (AvgIpc) is 3.18. The molecule has 2 heterocycles. The third-order valence-electron chi connectivity index (χ3n) is 5.53. The molecule has 1 aliphatic rings. The van der Waals surface area contributed by atoms with Gasteiger partial charge >= 0.3 is 0 Å². The van der Waals surface area contributed by atoms with Crippen LogP contribution in [0.25, 0.3) is 10.2 Å². The maximum Gasteiger partial charge on any atom is 0.243 e. The number of anilines is 1. The number of thiazole rings is 1. The van der Waals surface area contributed by atoms with Crippen LogP contribution in [0.2, 0.25) is 0 Å². The summed E-state index contributed by atoms with van der Waals surface area (Å²) < 4.78 is 54.2. The molecule has 1 fully saturated rings. The Labute approximate surface area is 183 Å². The Morgan fingerprint density at radius 3 is 2.42 bits per heavy atom. The summed E-state index contributed by atoms with van der Waals surface area (Å²) >= 11 is 1.42. The average molecular weight is 466 g/mol. The van der Waals surface area contributed by atoms with Crippen LogP contribution in [0.3, 0.4) is 0 Å². The lowest BCUT2D eigenvalue weighted by atomic mass is 9.97. The topological polar surface area (TPSA) is 79.4 Å². The number of benzene rings is 2. The van der Waals surface area contributed by atoms with Crippen molar-refractivity contribution in [1.29, 1.82) is 0 Å². The number of hydrogen-bond donors (Lipinski definition) is 1. The van der Waals surface area contributed by atoms with Gasteiger partial charge in [0.15, 0.2) is 16.8 Å². The number of aromatic nitrogens is 1. The molecular formula is C21H21F2N3O3S2. The van der Waals surface area contributed by atoms with Crippen LogP contribution in [0, 0.1) is 31.4 Å². The number of sulfonamides is 1. The molecule has 3 aromatic rings. The van der Waals surface area contributed by atoms with Gasteiger partial charge in [0.1, 0.15) is 0 Å². The van der Waals surface area contributed by atoms with Gasteiger partial charge < -0.3 is 5.32 Å². The summed E-state index contributed by atoms with van der Waals surface area (Å²) in [5.74, 6) is -2.86. The number of fused-ring (bicyclic) bond motifs is 1. The third-order valence-corrected chi connectivity index (χ3v) is 8.53. The highest BCUT2D eigenvalue weighted by molar-refractivity contribution is 7.89. The SMILES string of the molecule is Cc1ccc(C)c2sc(NC(=O)C3CCN(S(=O)(=O)c4ccc(F)c(F)c4)CC3)nc12. The Bertz CT molecular complexity index is 1230. The second-order valence-corrected chi connectivity index (χ2v) is 10.6. The molecule has 1 amide bonds. The van der Waals surface area contributed by atoms with Crippen LogP contribution >= 0.6 is 11.3 Å². The highest BCUT2D eigenvalue weighted by Crippen LogP contribution is 2.32. The molecule has 0 saturated carbocycles. The lowest BCUT2D eigenvalue weighted by Gasteiger charge is -2.30. The van der Waals surface area contributed by atoms with Gasteiger partial charge in [0.2, 0.25) is 15.9 Å². The first-order valence-corrected chi connectivity index (χ1v) is 12.1. The van der Waals surface area contributed by atoms with Gasteiger partial charge in [-0.05, 0) is 56.0 Å². The summed E-state index contributed by atoms with van der Waals surface area (Å²) in [6, 6.07) is 6.53. The van der Waals surface area contributed by atoms with Crippen molar-refractivity contribution in [2.24, 2.45) is 5.92 Å². The number of carbonyl (C=O) groups is 1. The Morgan fingerprint density at radius 2 is 1.77 bits per heavy atom. The number of carbonyl (C=O) groups excluding carboxylic acids is 1. The van der Waals surface area contributed by atoms with Gasteiger partial charge in [0, 0.05) is 19.0 Å². The Balaban J connectivity index is 1.42. The molecule has 31 heavy (non-hydrogen) atoms. The molecule has 1 N–H and O–H groups in total. The summed E-state index contributed by atoms with van der Waals surface area (Å²) in [5, 5.41) is 3.39. The normalized spacial score (nSPS) is 16.0. The molecule has 1 aromatic heterocycles. The number of nitrogens with one attached hydrogen (secondary N) is 1. The molecule has 0 atom stereocenters. The molecule has 2 aromatic carbocycles. The van der Waals surface area contributed by atoms with Crippen LogP contribution < -0.4 is 5.32 Å². The summed E-state index contributed by atoms with van der Waals surface area (Å²) in [6.45, 7) is 4.21. The van der Waals surface area contributed by atoms with Gasteiger partial charge in [-0.25, -0.2) is 22.2 Å². The van der Waals surface area contributed by atoms with Crippen molar-refractivity contribution in [3.63, 3.8) is 0 Å². The summed E-state index contributed by atoms with van der Waals surface area (Å²) in [6.07, 6.45) is 0.662. The van der Waals surface area contributed by atoms with Crippen molar-refractivity contribution in [2.45, 2.75) is 31.6 Å². The lowest BCUT2D eigenvalue weighted by molar-refractivity contribution is -0.120. The zero-order valence-corrected chi connectivity index (χ0v) is 18.6. The van der Waals surface area contributed by atoms with E-state index < -0.39 is 21.7 Å². The van der Waals surface area contributed by atoms with Gasteiger partial charge in [0.05, 0.1) is 15.1 Å². The molecule has 0 bridgehead atoms. The minimum atomic E-state index is -3.95. The summed E-state index contributed by atoms with van der Waals surface area (Å²) in [4.78, 5) is 17.0. The second-order valence-electron chi connectivity index (χ2n) is 7.64. The first-order valence-electron chi connectivity index (χ1n) is 9.79. The number of halogens is 2. The molecule has 0 aliphatic carbocycles. The second kappa shape index (κ2) is 8.25. The van der Waals surface area contributed by atoms with E-state index in [-0.39, 0.29) is 29.8 Å².